The van der Waals surface area contributed by atoms with E-state index in [2.05, 4.69) is 0 Å². The zero-order valence-electron chi connectivity index (χ0n) is 16.3. The second-order valence-electron chi connectivity index (χ2n) is 6.35. The number of esters is 2. The van der Waals surface area contributed by atoms with Gasteiger partial charge in [0.2, 0.25) is 6.79 Å². The number of benzene rings is 2. The summed E-state index contributed by atoms with van der Waals surface area (Å²) in [5.74, 6) is -1.53. The zero-order valence-corrected chi connectivity index (χ0v) is 16.3. The third-order valence-corrected chi connectivity index (χ3v) is 4.61. The van der Waals surface area contributed by atoms with Crippen LogP contribution in [0.2, 0.25) is 0 Å². The number of carbonyl (C=O) groups is 3. The summed E-state index contributed by atoms with van der Waals surface area (Å²) in [5.41, 5.74) is 1.54. The molecule has 0 fully saturated rings. The van der Waals surface area contributed by atoms with Gasteiger partial charge in [0.05, 0.1) is 30.6 Å². The second kappa shape index (κ2) is 9.23. The molecule has 0 saturated carbocycles. The summed E-state index contributed by atoms with van der Waals surface area (Å²) < 4.78 is 20.9. The van der Waals surface area contributed by atoms with Gasteiger partial charge in [0.25, 0.3) is 0 Å². The van der Waals surface area contributed by atoms with E-state index >= 15 is 0 Å². The van der Waals surface area contributed by atoms with Crippen LogP contribution in [0.5, 0.6) is 11.5 Å². The lowest BCUT2D eigenvalue weighted by Crippen LogP contribution is -2.24. The lowest BCUT2D eigenvalue weighted by atomic mass is 9.82. The first kappa shape index (κ1) is 20.4. The molecular weight excluding hydrogens is 376 g/mol. The summed E-state index contributed by atoms with van der Waals surface area (Å²) in [6, 6.07) is 11.5. The third-order valence-electron chi connectivity index (χ3n) is 4.61. The molecule has 0 aliphatic carbocycles. The fraction of sp³-hybridized carbons (Fsp3) is 0.318. The standard InChI is InChI=1S/C22H22O7/c1-3-26-21(24)15-7-5-14(6-8-15)17(12-23)20(22(25)27-4-2)16-9-10-18-19(11-16)29-13-28-18/h5-12,17,20H,3-4,13H2,1-2H3. The van der Waals surface area contributed by atoms with Crippen molar-refractivity contribution in [3.8, 4) is 11.5 Å². The summed E-state index contributed by atoms with van der Waals surface area (Å²) in [6.07, 6.45) is 0.714. The van der Waals surface area contributed by atoms with Crippen molar-refractivity contribution in [1.29, 1.82) is 0 Å². The minimum atomic E-state index is -0.865. The zero-order chi connectivity index (χ0) is 20.8. The van der Waals surface area contributed by atoms with Crippen molar-refractivity contribution in [2.24, 2.45) is 0 Å². The molecule has 1 aliphatic rings. The number of rotatable bonds is 8. The Hall–Kier alpha value is -3.35. The topological polar surface area (TPSA) is 88.1 Å². The van der Waals surface area contributed by atoms with Gasteiger partial charge in [0.15, 0.2) is 11.5 Å². The first-order valence-electron chi connectivity index (χ1n) is 9.37. The highest BCUT2D eigenvalue weighted by atomic mass is 16.7. The maximum absolute atomic E-state index is 12.8. The Bertz CT molecular complexity index is 889. The van der Waals surface area contributed by atoms with Gasteiger partial charge in [-0.25, -0.2) is 4.79 Å². The summed E-state index contributed by atoms with van der Waals surface area (Å²) in [6.45, 7) is 4.00. The molecule has 0 radical (unpaired) electrons. The van der Waals surface area contributed by atoms with Crippen LogP contribution in [-0.4, -0.2) is 38.2 Å². The number of hydrogen-bond donors (Lipinski definition) is 0. The molecule has 1 aliphatic heterocycles. The van der Waals surface area contributed by atoms with E-state index in [9.17, 15) is 14.4 Å². The predicted molar refractivity (Wildman–Crippen MR) is 103 cm³/mol. The van der Waals surface area contributed by atoms with Crippen molar-refractivity contribution in [1.82, 2.24) is 0 Å². The van der Waals surface area contributed by atoms with Crippen LogP contribution in [0.25, 0.3) is 0 Å². The average Bonchev–Trinajstić information content (AvgIpc) is 3.20. The number of fused-ring (bicyclic) bond motifs is 1. The molecule has 2 atom stereocenters. The van der Waals surface area contributed by atoms with Crippen molar-refractivity contribution in [2.75, 3.05) is 20.0 Å². The molecule has 7 heteroatoms. The molecule has 0 aromatic heterocycles. The van der Waals surface area contributed by atoms with Gasteiger partial charge in [-0.05, 0) is 49.2 Å². The van der Waals surface area contributed by atoms with E-state index in [1.54, 1.807) is 56.3 Å². The smallest absolute Gasteiger partial charge is 0.338 e. The van der Waals surface area contributed by atoms with Gasteiger partial charge in [-0.15, -0.1) is 0 Å². The maximum atomic E-state index is 12.8. The number of hydrogen-bond acceptors (Lipinski definition) is 7. The molecule has 0 amide bonds. The van der Waals surface area contributed by atoms with Crippen molar-refractivity contribution >= 4 is 18.2 Å². The fourth-order valence-electron chi connectivity index (χ4n) is 3.23. The molecule has 29 heavy (non-hydrogen) atoms. The minimum absolute atomic E-state index is 0.106. The summed E-state index contributed by atoms with van der Waals surface area (Å²) in [5, 5.41) is 0. The summed E-state index contributed by atoms with van der Waals surface area (Å²) in [7, 11) is 0. The van der Waals surface area contributed by atoms with Gasteiger partial charge < -0.3 is 23.7 Å². The Balaban J connectivity index is 1.96. The molecule has 0 N–H and O–H groups in total. The van der Waals surface area contributed by atoms with E-state index in [-0.39, 0.29) is 20.0 Å². The molecule has 7 nitrogen and oxygen atoms in total. The monoisotopic (exact) mass is 398 g/mol. The van der Waals surface area contributed by atoms with E-state index in [4.69, 9.17) is 18.9 Å². The van der Waals surface area contributed by atoms with Crippen molar-refractivity contribution in [2.45, 2.75) is 25.7 Å². The average molecular weight is 398 g/mol. The normalized spacial score (nSPS) is 14.0. The Kier molecular flexibility index (Phi) is 6.49. The van der Waals surface area contributed by atoms with Crippen LogP contribution in [0.3, 0.4) is 0 Å². The SMILES string of the molecule is CCOC(=O)c1ccc(C(C=O)C(C(=O)OCC)c2ccc3c(c2)OCO3)cc1. The van der Waals surface area contributed by atoms with Gasteiger partial charge in [-0.3, -0.25) is 4.79 Å². The molecular formula is C22H22O7. The van der Waals surface area contributed by atoms with Gasteiger partial charge in [0.1, 0.15) is 6.29 Å². The van der Waals surface area contributed by atoms with Crippen LogP contribution >= 0.6 is 0 Å². The minimum Gasteiger partial charge on any atom is -0.465 e. The Morgan fingerprint density at radius 3 is 2.28 bits per heavy atom. The predicted octanol–water partition coefficient (Wildman–Crippen LogP) is 3.22. The Morgan fingerprint density at radius 2 is 1.62 bits per heavy atom. The lowest BCUT2D eigenvalue weighted by molar-refractivity contribution is -0.146. The molecule has 2 aromatic rings. The molecule has 3 rings (SSSR count). The van der Waals surface area contributed by atoms with Crippen LogP contribution in [0.15, 0.2) is 42.5 Å². The quantitative estimate of drug-likeness (QED) is 0.498. The third kappa shape index (κ3) is 4.39. The molecule has 2 unspecified atom stereocenters. The first-order valence-corrected chi connectivity index (χ1v) is 9.37. The first-order chi connectivity index (χ1) is 14.1. The van der Waals surface area contributed by atoms with Crippen LogP contribution in [-0.2, 0) is 19.1 Å². The molecule has 0 saturated heterocycles. The Morgan fingerprint density at radius 1 is 0.966 bits per heavy atom. The molecule has 152 valence electrons. The van der Waals surface area contributed by atoms with E-state index in [1.165, 1.54) is 0 Å². The second-order valence-corrected chi connectivity index (χ2v) is 6.35. The Labute approximate surface area is 168 Å². The number of aldehydes is 1. The van der Waals surface area contributed by atoms with E-state index < -0.39 is 23.8 Å². The highest BCUT2D eigenvalue weighted by Crippen LogP contribution is 2.39. The number of ether oxygens (including phenoxy) is 4. The van der Waals surface area contributed by atoms with Gasteiger partial charge in [-0.2, -0.15) is 0 Å². The highest BCUT2D eigenvalue weighted by Gasteiger charge is 2.33. The van der Waals surface area contributed by atoms with Crippen molar-refractivity contribution in [3.05, 3.63) is 59.2 Å². The van der Waals surface area contributed by atoms with E-state index in [0.717, 1.165) is 0 Å². The van der Waals surface area contributed by atoms with Crippen LogP contribution in [0, 0.1) is 0 Å². The van der Waals surface area contributed by atoms with Crippen LogP contribution in [0.1, 0.15) is 47.2 Å². The maximum Gasteiger partial charge on any atom is 0.338 e. The van der Waals surface area contributed by atoms with Crippen LogP contribution in [0.4, 0.5) is 0 Å². The molecule has 0 spiro atoms. The molecule has 0 bridgehead atoms. The van der Waals surface area contributed by atoms with Gasteiger partial charge in [0, 0.05) is 0 Å². The van der Waals surface area contributed by atoms with E-state index in [0.29, 0.717) is 34.5 Å². The highest BCUT2D eigenvalue weighted by molar-refractivity contribution is 5.90. The van der Waals surface area contributed by atoms with Gasteiger partial charge >= 0.3 is 11.9 Å². The largest absolute Gasteiger partial charge is 0.465 e. The summed E-state index contributed by atoms with van der Waals surface area (Å²) >= 11 is 0. The molecule has 1 heterocycles. The van der Waals surface area contributed by atoms with E-state index in [1.807, 2.05) is 0 Å². The fourth-order valence-corrected chi connectivity index (χ4v) is 3.23. The lowest BCUT2D eigenvalue weighted by Gasteiger charge is -2.22. The van der Waals surface area contributed by atoms with Crippen LogP contribution < -0.4 is 9.47 Å². The van der Waals surface area contributed by atoms with Crippen molar-refractivity contribution < 1.29 is 33.3 Å². The van der Waals surface area contributed by atoms with Crippen molar-refractivity contribution in [3.63, 3.8) is 0 Å². The number of carbonyl (C=O) groups excluding carboxylic acids is 3. The summed E-state index contributed by atoms with van der Waals surface area (Å²) in [4.78, 5) is 36.6. The van der Waals surface area contributed by atoms with Gasteiger partial charge in [-0.1, -0.05) is 18.2 Å². The molecule has 2 aromatic carbocycles.